The van der Waals surface area contributed by atoms with Crippen molar-refractivity contribution in [2.75, 3.05) is 13.7 Å². The minimum Gasteiger partial charge on any atom is -0.465 e. The SMILES string of the molecule is COC(=O)N(Cc1cc(C(F)(F)F)cc(C(F)(F)F)c1)C1CC(CO)N(C(=O)O)C(Cc2ccccc2)C1. The maximum atomic E-state index is 13.4. The van der Waals surface area contributed by atoms with E-state index >= 15 is 0 Å². The maximum absolute atomic E-state index is 13.4. The van der Waals surface area contributed by atoms with Crippen molar-refractivity contribution in [2.24, 2.45) is 0 Å². The number of amides is 2. The van der Waals surface area contributed by atoms with Crippen LogP contribution in [0.5, 0.6) is 0 Å². The van der Waals surface area contributed by atoms with Crippen LogP contribution in [0.15, 0.2) is 48.5 Å². The number of methoxy groups -OCH3 is 1. The second-order valence-electron chi connectivity index (χ2n) is 9.01. The van der Waals surface area contributed by atoms with Gasteiger partial charge in [-0.1, -0.05) is 30.3 Å². The lowest BCUT2D eigenvalue weighted by Gasteiger charge is -2.46. The Morgan fingerprint density at radius 3 is 1.97 bits per heavy atom. The molecule has 3 rings (SSSR count). The summed E-state index contributed by atoms with van der Waals surface area (Å²) in [5.74, 6) is 0. The van der Waals surface area contributed by atoms with Crippen LogP contribution in [0.2, 0.25) is 0 Å². The van der Waals surface area contributed by atoms with Crippen molar-refractivity contribution in [3.63, 3.8) is 0 Å². The molecule has 0 radical (unpaired) electrons. The van der Waals surface area contributed by atoms with Gasteiger partial charge in [0.15, 0.2) is 0 Å². The van der Waals surface area contributed by atoms with E-state index in [1.165, 1.54) is 0 Å². The van der Waals surface area contributed by atoms with Gasteiger partial charge < -0.3 is 19.8 Å². The highest BCUT2D eigenvalue weighted by Gasteiger charge is 2.42. The number of carbonyl (C=O) groups excluding carboxylic acids is 1. The molecule has 1 aliphatic rings. The number of alkyl halides is 6. The minimum absolute atomic E-state index is 0.00495. The van der Waals surface area contributed by atoms with Crippen LogP contribution in [0.4, 0.5) is 35.9 Å². The number of nitrogens with zero attached hydrogens (tertiary/aromatic N) is 2. The molecule has 0 aromatic heterocycles. The molecule has 3 unspecified atom stereocenters. The number of ether oxygens (including phenoxy) is 1. The summed E-state index contributed by atoms with van der Waals surface area (Å²) < 4.78 is 85.0. The number of carbonyl (C=O) groups is 2. The van der Waals surface area contributed by atoms with Crippen molar-refractivity contribution < 1.29 is 50.9 Å². The molecule has 0 aliphatic carbocycles. The van der Waals surface area contributed by atoms with E-state index < -0.39 is 72.5 Å². The number of aliphatic hydroxyl groups is 1. The molecule has 1 heterocycles. The van der Waals surface area contributed by atoms with Gasteiger partial charge in [-0.25, -0.2) is 9.59 Å². The number of likely N-dealkylation sites (tertiary alicyclic amines) is 1. The second-order valence-corrected chi connectivity index (χ2v) is 9.01. The Labute approximate surface area is 214 Å². The second kappa shape index (κ2) is 11.5. The number of aliphatic hydroxyl groups excluding tert-OH is 1. The Balaban J connectivity index is 2.00. The highest BCUT2D eigenvalue weighted by molar-refractivity contribution is 5.69. The van der Waals surface area contributed by atoms with Gasteiger partial charge in [-0.05, 0) is 48.6 Å². The lowest BCUT2D eigenvalue weighted by atomic mass is 9.87. The molecule has 0 saturated carbocycles. The normalized spacial score (nSPS) is 20.2. The van der Waals surface area contributed by atoms with Gasteiger partial charge in [-0.3, -0.25) is 4.90 Å². The van der Waals surface area contributed by atoms with Gasteiger partial charge in [-0.2, -0.15) is 26.3 Å². The lowest BCUT2D eigenvalue weighted by molar-refractivity contribution is -0.143. The fourth-order valence-electron chi connectivity index (χ4n) is 4.81. The molecule has 2 aromatic rings. The zero-order valence-electron chi connectivity index (χ0n) is 20.2. The molecular formula is C25H26F6N2O5. The predicted octanol–water partition coefficient (Wildman–Crippen LogP) is 5.41. The number of benzene rings is 2. The van der Waals surface area contributed by atoms with Crippen LogP contribution in [0, 0.1) is 0 Å². The zero-order valence-corrected chi connectivity index (χ0v) is 20.2. The summed E-state index contributed by atoms with van der Waals surface area (Å²) in [5.41, 5.74) is -2.72. The molecule has 2 aromatic carbocycles. The summed E-state index contributed by atoms with van der Waals surface area (Å²) in [7, 11) is 1.01. The molecule has 1 saturated heterocycles. The quantitative estimate of drug-likeness (QED) is 0.472. The Morgan fingerprint density at radius 2 is 1.50 bits per heavy atom. The van der Waals surface area contributed by atoms with E-state index in [9.17, 15) is 46.1 Å². The van der Waals surface area contributed by atoms with Crippen LogP contribution >= 0.6 is 0 Å². The first-order chi connectivity index (χ1) is 17.7. The largest absolute Gasteiger partial charge is 0.465 e. The number of carboxylic acid groups (broad SMARTS) is 1. The van der Waals surface area contributed by atoms with Crippen molar-refractivity contribution >= 4 is 12.2 Å². The standard InChI is InChI=1S/C25H26F6N2O5/c1-38-23(37)32(13-16-7-17(24(26,27)28)10-18(8-16)25(29,30)31)19-11-20(9-15-5-3-2-4-6-15)33(22(35)36)21(12-19)14-34/h2-8,10,19-21,34H,9,11-14H2,1H3,(H,35,36). The molecule has 1 aliphatic heterocycles. The van der Waals surface area contributed by atoms with Gasteiger partial charge in [0.25, 0.3) is 0 Å². The van der Waals surface area contributed by atoms with E-state index in [0.29, 0.717) is 12.1 Å². The van der Waals surface area contributed by atoms with Gasteiger partial charge in [0.2, 0.25) is 0 Å². The first-order valence-electron chi connectivity index (χ1n) is 11.5. The van der Waals surface area contributed by atoms with Crippen molar-refractivity contribution in [3.05, 3.63) is 70.8 Å². The van der Waals surface area contributed by atoms with Crippen LogP contribution in [0.1, 0.15) is 35.1 Å². The molecule has 208 valence electrons. The molecule has 7 nitrogen and oxygen atoms in total. The Hall–Kier alpha value is -3.48. The average Bonchev–Trinajstić information content (AvgIpc) is 2.85. The number of hydrogen-bond acceptors (Lipinski definition) is 4. The fraction of sp³-hybridized carbons (Fsp3) is 0.440. The van der Waals surface area contributed by atoms with Crippen LogP contribution < -0.4 is 0 Å². The van der Waals surface area contributed by atoms with Crippen LogP contribution in [0.3, 0.4) is 0 Å². The van der Waals surface area contributed by atoms with E-state index in [-0.39, 0.29) is 25.3 Å². The fourth-order valence-corrected chi connectivity index (χ4v) is 4.81. The molecule has 0 spiro atoms. The van der Waals surface area contributed by atoms with Gasteiger partial charge in [0, 0.05) is 18.6 Å². The summed E-state index contributed by atoms with van der Waals surface area (Å²) in [6.45, 7) is -1.27. The highest BCUT2D eigenvalue weighted by Crippen LogP contribution is 2.37. The van der Waals surface area contributed by atoms with E-state index in [1.54, 1.807) is 30.3 Å². The van der Waals surface area contributed by atoms with Crippen molar-refractivity contribution in [1.29, 1.82) is 0 Å². The monoisotopic (exact) mass is 548 g/mol. The molecule has 38 heavy (non-hydrogen) atoms. The molecular weight excluding hydrogens is 522 g/mol. The Morgan fingerprint density at radius 1 is 0.947 bits per heavy atom. The van der Waals surface area contributed by atoms with E-state index in [4.69, 9.17) is 4.74 Å². The summed E-state index contributed by atoms with van der Waals surface area (Å²) in [4.78, 5) is 26.8. The van der Waals surface area contributed by atoms with Gasteiger partial charge >= 0.3 is 24.5 Å². The zero-order chi connectivity index (χ0) is 28.3. The summed E-state index contributed by atoms with van der Waals surface area (Å²) in [5, 5.41) is 19.8. The van der Waals surface area contributed by atoms with Crippen molar-refractivity contribution in [2.45, 2.75) is 56.3 Å². The van der Waals surface area contributed by atoms with E-state index in [2.05, 4.69) is 0 Å². The van der Waals surface area contributed by atoms with Crippen molar-refractivity contribution in [1.82, 2.24) is 9.80 Å². The van der Waals surface area contributed by atoms with Gasteiger partial charge in [0.1, 0.15) is 0 Å². The third-order valence-corrected chi connectivity index (χ3v) is 6.47. The molecule has 0 bridgehead atoms. The Bertz CT molecular complexity index is 1090. The lowest BCUT2D eigenvalue weighted by Crippen LogP contribution is -2.59. The number of rotatable bonds is 6. The minimum atomic E-state index is -5.07. The van der Waals surface area contributed by atoms with Crippen LogP contribution in [-0.4, -0.2) is 64.0 Å². The van der Waals surface area contributed by atoms with Crippen molar-refractivity contribution in [3.8, 4) is 0 Å². The van der Waals surface area contributed by atoms with E-state index in [0.717, 1.165) is 22.5 Å². The molecule has 2 amide bonds. The van der Waals surface area contributed by atoms with Gasteiger partial charge in [-0.15, -0.1) is 0 Å². The maximum Gasteiger partial charge on any atom is 0.416 e. The first-order valence-corrected chi connectivity index (χ1v) is 11.5. The van der Waals surface area contributed by atoms with Gasteiger partial charge in [0.05, 0.1) is 30.9 Å². The summed E-state index contributed by atoms with van der Waals surface area (Å²) in [6.07, 6.45) is -12.3. The third-order valence-electron chi connectivity index (χ3n) is 6.47. The average molecular weight is 548 g/mol. The molecule has 1 fully saturated rings. The number of piperidine rings is 1. The first kappa shape index (κ1) is 29.1. The molecule has 3 atom stereocenters. The summed E-state index contributed by atoms with van der Waals surface area (Å²) >= 11 is 0. The smallest absolute Gasteiger partial charge is 0.416 e. The third kappa shape index (κ3) is 6.88. The molecule has 13 heteroatoms. The topological polar surface area (TPSA) is 90.3 Å². The predicted molar refractivity (Wildman–Crippen MR) is 122 cm³/mol. The highest BCUT2D eigenvalue weighted by atomic mass is 19.4. The molecule has 2 N–H and O–H groups in total. The van der Waals surface area contributed by atoms with E-state index in [1.807, 2.05) is 0 Å². The van der Waals surface area contributed by atoms with Crippen LogP contribution in [-0.2, 0) is 30.1 Å². The van der Waals surface area contributed by atoms with Crippen LogP contribution in [0.25, 0.3) is 0 Å². The Kier molecular flexibility index (Phi) is 8.80. The number of hydrogen-bond donors (Lipinski definition) is 2. The number of halogens is 6. The summed E-state index contributed by atoms with van der Waals surface area (Å²) in [6, 6.07) is 7.27.